The summed E-state index contributed by atoms with van der Waals surface area (Å²) in [6.45, 7) is 6.34. The molecule has 2 aromatic carbocycles. The predicted octanol–water partition coefficient (Wildman–Crippen LogP) is 5.51. The maximum absolute atomic E-state index is 9.91. The van der Waals surface area contributed by atoms with E-state index in [1.165, 1.54) is 0 Å². The third kappa shape index (κ3) is 6.15. The Bertz CT molecular complexity index is 692. The number of ether oxygens (including phenoxy) is 1. The van der Waals surface area contributed by atoms with Crippen LogP contribution in [0.5, 0.6) is 11.5 Å². The van der Waals surface area contributed by atoms with Crippen LogP contribution >= 0.6 is 23.2 Å². The molecule has 0 heterocycles. The van der Waals surface area contributed by atoms with E-state index >= 15 is 0 Å². The molecule has 0 unspecified atom stereocenters. The molecule has 136 valence electrons. The highest BCUT2D eigenvalue weighted by Crippen LogP contribution is 2.33. The number of halogens is 2. The van der Waals surface area contributed by atoms with Crippen LogP contribution in [-0.4, -0.2) is 23.3 Å². The summed E-state index contributed by atoms with van der Waals surface area (Å²) in [5.41, 5.74) is 2.86. The van der Waals surface area contributed by atoms with E-state index in [0.717, 1.165) is 16.7 Å². The lowest BCUT2D eigenvalue weighted by Crippen LogP contribution is -1.97. The van der Waals surface area contributed by atoms with Gasteiger partial charge in [0.1, 0.15) is 11.5 Å². The molecule has 6 heteroatoms. The topological polar surface area (TPSA) is 66.8 Å². The molecule has 2 N–H and O–H groups in total. The summed E-state index contributed by atoms with van der Waals surface area (Å²) < 4.78 is 5.44. The summed E-state index contributed by atoms with van der Waals surface area (Å²) in [5, 5.41) is 18.0. The summed E-state index contributed by atoms with van der Waals surface area (Å²) >= 11 is 12.7. The molecule has 2 rings (SSSR count). The lowest BCUT2D eigenvalue weighted by atomic mass is 9.96. The first-order valence-corrected chi connectivity index (χ1v) is 8.59. The molecule has 0 aliphatic carbocycles. The molecule has 0 fully saturated rings. The fraction of sp³-hybridized carbons (Fsp3) is 0.316. The zero-order chi connectivity index (χ0) is 19.0. The first-order chi connectivity index (χ1) is 11.8. The molecule has 0 saturated carbocycles. The van der Waals surface area contributed by atoms with Crippen molar-refractivity contribution in [2.24, 2.45) is 0 Å². The van der Waals surface area contributed by atoms with Crippen LogP contribution in [0.2, 0.25) is 10.0 Å². The number of aromatic hydroxyl groups is 1. The highest BCUT2D eigenvalue weighted by Gasteiger charge is 2.12. The van der Waals surface area contributed by atoms with Crippen LogP contribution < -0.4 is 4.74 Å². The number of rotatable bonds is 5. The van der Waals surface area contributed by atoms with E-state index in [0.29, 0.717) is 34.6 Å². The van der Waals surface area contributed by atoms with E-state index in [2.05, 4.69) is 13.8 Å². The van der Waals surface area contributed by atoms with Crippen molar-refractivity contribution in [3.05, 3.63) is 57.1 Å². The van der Waals surface area contributed by atoms with Gasteiger partial charge >= 0.3 is 0 Å². The van der Waals surface area contributed by atoms with E-state index in [4.69, 9.17) is 37.8 Å². The molecule has 0 radical (unpaired) electrons. The quantitative estimate of drug-likeness (QED) is 0.666. The summed E-state index contributed by atoms with van der Waals surface area (Å²) in [4.78, 5) is 8.36. The Balaban J connectivity index is 0.000000970. The van der Waals surface area contributed by atoms with Crippen LogP contribution in [0, 0.1) is 0 Å². The van der Waals surface area contributed by atoms with Crippen LogP contribution in [0.1, 0.15) is 43.4 Å². The Kier molecular flexibility index (Phi) is 8.59. The smallest absolute Gasteiger partial charge is 0.290 e. The number of benzene rings is 2. The SMILES string of the molecule is CCOc1cc(Cl)c(Cc2ccc(O)c(C(C)C)c2)c(Cl)c1.O=CO. The minimum Gasteiger partial charge on any atom is -0.508 e. The average molecular weight is 385 g/mol. The van der Waals surface area contributed by atoms with Gasteiger partial charge in [0.05, 0.1) is 6.61 Å². The molecule has 0 bridgehead atoms. The van der Waals surface area contributed by atoms with Gasteiger partial charge in [0.2, 0.25) is 0 Å². The van der Waals surface area contributed by atoms with Crippen LogP contribution in [0.3, 0.4) is 0 Å². The average Bonchev–Trinajstić information content (AvgIpc) is 2.53. The predicted molar refractivity (Wildman–Crippen MR) is 101 cm³/mol. The second-order valence-electron chi connectivity index (χ2n) is 5.63. The molecule has 0 aliphatic heterocycles. The molecule has 0 aliphatic rings. The zero-order valence-corrected chi connectivity index (χ0v) is 15.9. The van der Waals surface area contributed by atoms with E-state index in [9.17, 15) is 5.11 Å². The van der Waals surface area contributed by atoms with Crippen molar-refractivity contribution in [1.82, 2.24) is 0 Å². The van der Waals surface area contributed by atoms with Crippen molar-refractivity contribution in [3.8, 4) is 11.5 Å². The van der Waals surface area contributed by atoms with Gasteiger partial charge in [-0.05, 0) is 47.7 Å². The lowest BCUT2D eigenvalue weighted by molar-refractivity contribution is -0.122. The van der Waals surface area contributed by atoms with E-state index < -0.39 is 0 Å². The second-order valence-corrected chi connectivity index (χ2v) is 6.44. The molecule has 2 aromatic rings. The second kappa shape index (κ2) is 10.2. The van der Waals surface area contributed by atoms with Gasteiger partial charge in [-0.1, -0.05) is 49.2 Å². The van der Waals surface area contributed by atoms with Gasteiger partial charge in [0.25, 0.3) is 6.47 Å². The Morgan fingerprint density at radius 1 is 1.16 bits per heavy atom. The third-order valence-electron chi connectivity index (χ3n) is 3.52. The van der Waals surface area contributed by atoms with Gasteiger partial charge in [-0.2, -0.15) is 0 Å². The van der Waals surface area contributed by atoms with E-state index in [1.54, 1.807) is 18.2 Å². The van der Waals surface area contributed by atoms with Gasteiger partial charge in [-0.25, -0.2) is 0 Å². The maximum atomic E-state index is 9.91. The molecular weight excluding hydrogens is 363 g/mol. The molecule has 4 nitrogen and oxygen atoms in total. The monoisotopic (exact) mass is 384 g/mol. The molecule has 25 heavy (non-hydrogen) atoms. The first-order valence-electron chi connectivity index (χ1n) is 7.84. The fourth-order valence-electron chi connectivity index (χ4n) is 2.38. The number of carbonyl (C=O) groups is 1. The summed E-state index contributed by atoms with van der Waals surface area (Å²) in [5.74, 6) is 1.25. The molecule has 0 spiro atoms. The van der Waals surface area contributed by atoms with E-state index in [1.807, 2.05) is 19.1 Å². The molecule has 0 saturated heterocycles. The van der Waals surface area contributed by atoms with Crippen LogP contribution in [0.15, 0.2) is 30.3 Å². The third-order valence-corrected chi connectivity index (χ3v) is 4.19. The van der Waals surface area contributed by atoms with Crippen molar-refractivity contribution in [3.63, 3.8) is 0 Å². The van der Waals surface area contributed by atoms with Crippen LogP contribution in [0.4, 0.5) is 0 Å². The molecule has 0 atom stereocenters. The van der Waals surface area contributed by atoms with Crippen molar-refractivity contribution in [2.75, 3.05) is 6.61 Å². The highest BCUT2D eigenvalue weighted by atomic mass is 35.5. The van der Waals surface area contributed by atoms with Crippen LogP contribution in [-0.2, 0) is 11.2 Å². The number of phenols is 1. The lowest BCUT2D eigenvalue weighted by Gasteiger charge is -2.13. The van der Waals surface area contributed by atoms with Gasteiger partial charge in [0, 0.05) is 16.5 Å². The van der Waals surface area contributed by atoms with Crippen molar-refractivity contribution >= 4 is 29.7 Å². The number of hydrogen-bond donors (Lipinski definition) is 2. The number of hydrogen-bond acceptors (Lipinski definition) is 3. The number of carboxylic acid groups (broad SMARTS) is 1. The zero-order valence-electron chi connectivity index (χ0n) is 14.4. The van der Waals surface area contributed by atoms with Gasteiger partial charge < -0.3 is 14.9 Å². The van der Waals surface area contributed by atoms with Crippen molar-refractivity contribution in [1.29, 1.82) is 0 Å². The van der Waals surface area contributed by atoms with E-state index in [-0.39, 0.29) is 12.4 Å². The Morgan fingerprint density at radius 3 is 2.20 bits per heavy atom. The highest BCUT2D eigenvalue weighted by molar-refractivity contribution is 6.36. The van der Waals surface area contributed by atoms with Gasteiger partial charge in [0.15, 0.2) is 0 Å². The Hall–Kier alpha value is -1.91. The van der Waals surface area contributed by atoms with Crippen molar-refractivity contribution in [2.45, 2.75) is 33.1 Å². The maximum Gasteiger partial charge on any atom is 0.290 e. The number of phenolic OH excluding ortho intramolecular Hbond substituents is 1. The molecular formula is C19H22Cl2O4. The summed E-state index contributed by atoms with van der Waals surface area (Å²) in [6, 6.07) is 9.19. The fourth-order valence-corrected chi connectivity index (χ4v) is 2.98. The normalized spacial score (nSPS) is 10.2. The standard InChI is InChI=1S/C18H20Cl2O2.CH2O2/c1-4-22-13-9-16(19)15(17(20)10-13)8-12-5-6-18(21)14(7-12)11(2)3;2-1-3/h5-7,9-11,21H,4,8H2,1-3H3;1H,(H,2,3). The minimum absolute atomic E-state index is 0.250. The molecule has 0 amide bonds. The summed E-state index contributed by atoms with van der Waals surface area (Å²) in [6.07, 6.45) is 0.615. The first kappa shape index (κ1) is 21.1. The van der Waals surface area contributed by atoms with Crippen molar-refractivity contribution < 1.29 is 19.7 Å². The van der Waals surface area contributed by atoms with Gasteiger partial charge in [-0.3, -0.25) is 4.79 Å². The Labute approximate surface area is 158 Å². The summed E-state index contributed by atoms with van der Waals surface area (Å²) in [7, 11) is 0. The van der Waals surface area contributed by atoms with Gasteiger partial charge in [-0.15, -0.1) is 0 Å². The minimum atomic E-state index is -0.250. The largest absolute Gasteiger partial charge is 0.508 e. The Morgan fingerprint density at radius 2 is 1.72 bits per heavy atom. The molecule has 0 aromatic heterocycles. The van der Waals surface area contributed by atoms with Crippen LogP contribution in [0.25, 0.3) is 0 Å².